The molecule has 0 spiro atoms. The molecule has 0 bridgehead atoms. The summed E-state index contributed by atoms with van der Waals surface area (Å²) in [5, 5.41) is 14.3. The number of H-pyrrole nitrogens is 1. The zero-order chi connectivity index (χ0) is 20.1. The Morgan fingerprint density at radius 2 is 2.21 bits per heavy atom. The molecule has 1 aliphatic heterocycles. The summed E-state index contributed by atoms with van der Waals surface area (Å²) in [6, 6.07) is 7.27. The third kappa shape index (κ3) is 4.44. The van der Waals surface area contributed by atoms with Crippen molar-refractivity contribution in [1.29, 1.82) is 0 Å². The zero-order valence-corrected chi connectivity index (χ0v) is 16.0. The molecule has 9 heteroatoms. The van der Waals surface area contributed by atoms with E-state index < -0.39 is 5.60 Å². The molecule has 2 amide bonds. The molecular weight excluding hydrogens is 366 g/mol. The van der Waals surface area contributed by atoms with Crippen LogP contribution in [0.2, 0.25) is 0 Å². The molecule has 0 radical (unpaired) electrons. The molecule has 2 heterocycles. The number of fused-ring (bicyclic) bond motifs is 1. The number of hydrogen-bond acceptors (Lipinski definition) is 6. The normalized spacial score (nSPS) is 20.0. The van der Waals surface area contributed by atoms with Crippen molar-refractivity contribution in [2.45, 2.75) is 5.60 Å². The van der Waals surface area contributed by atoms with Crippen LogP contribution in [-0.4, -0.2) is 86.1 Å². The summed E-state index contributed by atoms with van der Waals surface area (Å²) < 4.78 is 15.6. The second-order valence-corrected chi connectivity index (χ2v) is 6.82. The average molecular weight is 391 g/mol. The van der Waals surface area contributed by atoms with Crippen LogP contribution in [0, 0.1) is 0 Å². The van der Waals surface area contributed by atoms with E-state index >= 15 is 0 Å². The first-order valence-electron chi connectivity index (χ1n) is 8.96. The quantitative estimate of drug-likeness (QED) is 0.646. The highest BCUT2D eigenvalue weighted by Crippen LogP contribution is 2.27. The van der Waals surface area contributed by atoms with E-state index in [2.05, 4.69) is 10.3 Å². The van der Waals surface area contributed by atoms with Crippen LogP contribution in [0.25, 0.3) is 10.9 Å². The smallest absolute Gasteiger partial charge is 0.270 e. The van der Waals surface area contributed by atoms with Crippen molar-refractivity contribution in [2.75, 3.05) is 53.7 Å². The van der Waals surface area contributed by atoms with Gasteiger partial charge in [0, 0.05) is 24.6 Å². The number of carbonyl (C=O) groups excluding carboxylic acids is 2. The molecule has 152 valence electrons. The largest absolute Gasteiger partial charge is 0.496 e. The molecule has 1 aromatic carbocycles. The summed E-state index contributed by atoms with van der Waals surface area (Å²) in [4.78, 5) is 29.3. The molecule has 1 saturated heterocycles. The number of amides is 2. The first-order valence-corrected chi connectivity index (χ1v) is 8.96. The molecule has 1 unspecified atom stereocenters. The second kappa shape index (κ2) is 8.59. The van der Waals surface area contributed by atoms with Gasteiger partial charge in [-0.25, -0.2) is 0 Å². The molecule has 3 N–H and O–H groups in total. The van der Waals surface area contributed by atoms with Gasteiger partial charge in [0.1, 0.15) is 23.7 Å². The maximum Gasteiger partial charge on any atom is 0.270 e. The van der Waals surface area contributed by atoms with Crippen molar-refractivity contribution in [3.05, 3.63) is 30.0 Å². The molecule has 2 aromatic rings. The van der Waals surface area contributed by atoms with Gasteiger partial charge in [-0.05, 0) is 18.2 Å². The Morgan fingerprint density at radius 1 is 1.39 bits per heavy atom. The maximum absolute atomic E-state index is 13.0. The SMILES string of the molecule is COCC(=O)NCC1(O)COCCN(C(=O)c2cc3c(OC)cccc3[nH]2)C1. The molecule has 0 aliphatic carbocycles. The van der Waals surface area contributed by atoms with E-state index in [0.29, 0.717) is 24.6 Å². The Hall–Kier alpha value is -2.62. The van der Waals surface area contributed by atoms with Crippen LogP contribution in [0.4, 0.5) is 0 Å². The minimum absolute atomic E-state index is 0.0184. The highest BCUT2D eigenvalue weighted by atomic mass is 16.5. The number of aromatic nitrogens is 1. The van der Waals surface area contributed by atoms with Crippen LogP contribution in [-0.2, 0) is 14.3 Å². The number of aromatic amines is 1. The van der Waals surface area contributed by atoms with Crippen molar-refractivity contribution >= 4 is 22.7 Å². The molecule has 1 aliphatic rings. The Labute approximate surface area is 162 Å². The summed E-state index contributed by atoms with van der Waals surface area (Å²) in [6.45, 7) is 0.537. The van der Waals surface area contributed by atoms with Crippen LogP contribution < -0.4 is 10.1 Å². The van der Waals surface area contributed by atoms with E-state index in [1.807, 2.05) is 18.2 Å². The van der Waals surface area contributed by atoms with Crippen LogP contribution in [0.15, 0.2) is 24.3 Å². The van der Waals surface area contributed by atoms with Crippen LogP contribution in [0.1, 0.15) is 10.5 Å². The third-order valence-corrected chi connectivity index (χ3v) is 4.61. The molecule has 1 aromatic heterocycles. The van der Waals surface area contributed by atoms with Gasteiger partial charge in [0.15, 0.2) is 0 Å². The number of carbonyl (C=O) groups is 2. The summed E-state index contributed by atoms with van der Waals surface area (Å²) in [5.74, 6) is 0.0653. The van der Waals surface area contributed by atoms with Gasteiger partial charge in [0.05, 0.1) is 33.4 Å². The number of benzene rings is 1. The minimum atomic E-state index is -1.39. The summed E-state index contributed by atoms with van der Waals surface area (Å²) in [5.41, 5.74) is -0.206. The lowest BCUT2D eigenvalue weighted by atomic mass is 10.0. The van der Waals surface area contributed by atoms with Crippen molar-refractivity contribution < 1.29 is 28.9 Å². The summed E-state index contributed by atoms with van der Waals surface area (Å²) >= 11 is 0. The molecule has 1 fully saturated rings. The highest BCUT2D eigenvalue weighted by Gasteiger charge is 2.35. The number of hydrogen-bond donors (Lipinski definition) is 3. The third-order valence-electron chi connectivity index (χ3n) is 4.61. The Kier molecular flexibility index (Phi) is 6.18. The number of methoxy groups -OCH3 is 2. The van der Waals surface area contributed by atoms with Crippen molar-refractivity contribution in [3.8, 4) is 5.75 Å². The van der Waals surface area contributed by atoms with E-state index in [1.165, 1.54) is 12.0 Å². The number of β-amino-alcohol motifs (C(OH)–C–C–N with tert-alkyl or cyclic N) is 1. The molecule has 9 nitrogen and oxygen atoms in total. The van der Waals surface area contributed by atoms with Crippen LogP contribution in [0.5, 0.6) is 5.75 Å². The number of nitrogens with zero attached hydrogens (tertiary/aromatic N) is 1. The first-order chi connectivity index (χ1) is 13.5. The van der Waals surface area contributed by atoms with Crippen molar-refractivity contribution in [3.63, 3.8) is 0 Å². The van der Waals surface area contributed by atoms with Gasteiger partial charge >= 0.3 is 0 Å². The molecule has 28 heavy (non-hydrogen) atoms. The Morgan fingerprint density at radius 3 is 2.96 bits per heavy atom. The highest BCUT2D eigenvalue weighted by molar-refractivity contribution is 5.99. The van der Waals surface area contributed by atoms with Crippen molar-refractivity contribution in [2.24, 2.45) is 0 Å². The summed E-state index contributed by atoms with van der Waals surface area (Å²) in [6.07, 6.45) is 0. The standard InChI is InChI=1S/C19H25N3O6/c1-26-9-17(23)20-10-19(25)11-22(6-7-28-12-19)18(24)15-8-13-14(21-15)4-3-5-16(13)27-2/h3-5,8,21,25H,6-7,9-12H2,1-2H3,(H,20,23). The maximum atomic E-state index is 13.0. The van der Waals surface area contributed by atoms with Gasteiger partial charge in [-0.15, -0.1) is 0 Å². The molecule has 1 atom stereocenters. The van der Waals surface area contributed by atoms with E-state index in [4.69, 9.17) is 14.2 Å². The van der Waals surface area contributed by atoms with Gasteiger partial charge in [-0.3, -0.25) is 9.59 Å². The molecule has 0 saturated carbocycles. The Balaban J connectivity index is 1.76. The number of ether oxygens (including phenoxy) is 3. The first kappa shape index (κ1) is 20.1. The van der Waals surface area contributed by atoms with Crippen LogP contribution >= 0.6 is 0 Å². The van der Waals surface area contributed by atoms with Gasteiger partial charge in [-0.1, -0.05) is 6.07 Å². The van der Waals surface area contributed by atoms with Crippen LogP contribution in [0.3, 0.4) is 0 Å². The van der Waals surface area contributed by atoms with Gasteiger partial charge in [-0.2, -0.15) is 0 Å². The number of rotatable bonds is 6. The molecule has 3 rings (SSSR count). The van der Waals surface area contributed by atoms with Gasteiger partial charge < -0.3 is 34.5 Å². The van der Waals surface area contributed by atoms with E-state index in [9.17, 15) is 14.7 Å². The summed E-state index contributed by atoms with van der Waals surface area (Å²) in [7, 11) is 2.99. The fourth-order valence-corrected chi connectivity index (χ4v) is 3.23. The fraction of sp³-hybridized carbons (Fsp3) is 0.474. The lowest BCUT2D eigenvalue weighted by molar-refractivity contribution is -0.126. The zero-order valence-electron chi connectivity index (χ0n) is 16.0. The van der Waals surface area contributed by atoms with Gasteiger partial charge in [0.25, 0.3) is 5.91 Å². The minimum Gasteiger partial charge on any atom is -0.496 e. The van der Waals surface area contributed by atoms with E-state index in [0.717, 1.165) is 10.9 Å². The topological polar surface area (TPSA) is 113 Å². The van der Waals surface area contributed by atoms with Crippen molar-refractivity contribution in [1.82, 2.24) is 15.2 Å². The average Bonchev–Trinajstić information content (AvgIpc) is 3.03. The fourth-order valence-electron chi connectivity index (χ4n) is 3.23. The lowest BCUT2D eigenvalue weighted by Gasteiger charge is -2.30. The predicted molar refractivity (Wildman–Crippen MR) is 101 cm³/mol. The predicted octanol–water partition coefficient (Wildman–Crippen LogP) is 0.143. The van der Waals surface area contributed by atoms with Gasteiger partial charge in [0.2, 0.25) is 5.91 Å². The van der Waals surface area contributed by atoms with E-state index in [-0.39, 0.29) is 38.1 Å². The molecular formula is C19H25N3O6. The van der Waals surface area contributed by atoms with E-state index in [1.54, 1.807) is 13.2 Å². The lowest BCUT2D eigenvalue weighted by Crippen LogP contribution is -2.53. The Bertz CT molecular complexity index is 851. The second-order valence-electron chi connectivity index (χ2n) is 6.82. The number of nitrogens with one attached hydrogen (secondary N) is 2. The number of aliphatic hydroxyl groups is 1. The monoisotopic (exact) mass is 391 g/mol.